The first kappa shape index (κ1) is 27.4. The molecule has 1 aliphatic heterocycles. The summed E-state index contributed by atoms with van der Waals surface area (Å²) < 4.78 is 16.7. The molecule has 9 nitrogen and oxygen atoms in total. The summed E-state index contributed by atoms with van der Waals surface area (Å²) in [5.74, 6) is 1.19. The van der Waals surface area contributed by atoms with Crippen LogP contribution in [0.3, 0.4) is 0 Å². The standard InChI is InChI=1S/C35H31N5O4/c1-22-19-40(21-36-22)28-12-10-27-20-44-34-7-3-6-29(38-34)24-8-9-25(32(17-24)43-14-4-5-23(27)15-28)18-33-37-30-13-11-26(35(41)42)16-31(30)39(33)2/h3,6-13,15-17,19,21H,4-5,14,18,20H2,1-2H3,(H,41,42). The Morgan fingerprint density at radius 2 is 1.89 bits per heavy atom. The van der Waals surface area contributed by atoms with Crippen molar-refractivity contribution >= 4 is 17.0 Å². The highest BCUT2D eigenvalue weighted by Crippen LogP contribution is 2.31. The third-order valence-corrected chi connectivity index (χ3v) is 8.08. The molecule has 0 saturated carbocycles. The van der Waals surface area contributed by atoms with Crippen LogP contribution >= 0.6 is 0 Å². The van der Waals surface area contributed by atoms with Crippen molar-refractivity contribution in [1.82, 2.24) is 24.1 Å². The Labute approximate surface area is 254 Å². The summed E-state index contributed by atoms with van der Waals surface area (Å²) in [6, 6.07) is 23.3. The summed E-state index contributed by atoms with van der Waals surface area (Å²) in [4.78, 5) is 25.5. The predicted octanol–water partition coefficient (Wildman–Crippen LogP) is 6.32. The van der Waals surface area contributed by atoms with Crippen LogP contribution in [0.15, 0.2) is 85.3 Å². The Balaban J connectivity index is 1.22. The van der Waals surface area contributed by atoms with Crippen LogP contribution in [0.5, 0.6) is 11.6 Å². The number of pyridine rings is 1. The summed E-state index contributed by atoms with van der Waals surface area (Å²) in [6.07, 6.45) is 6.01. The van der Waals surface area contributed by atoms with E-state index in [1.54, 1.807) is 18.2 Å². The maximum atomic E-state index is 11.5. The number of aromatic nitrogens is 5. The summed E-state index contributed by atoms with van der Waals surface area (Å²) in [5.41, 5.74) is 8.82. The van der Waals surface area contributed by atoms with Gasteiger partial charge in [0, 0.05) is 42.5 Å². The molecule has 0 atom stereocenters. The topological polar surface area (TPSA) is 104 Å². The highest BCUT2D eigenvalue weighted by molar-refractivity contribution is 5.92. The largest absolute Gasteiger partial charge is 0.493 e. The van der Waals surface area contributed by atoms with Gasteiger partial charge in [-0.1, -0.05) is 24.3 Å². The Kier molecular flexibility index (Phi) is 7.06. The first-order valence-electron chi connectivity index (χ1n) is 14.6. The van der Waals surface area contributed by atoms with Gasteiger partial charge >= 0.3 is 5.97 Å². The van der Waals surface area contributed by atoms with E-state index in [0.29, 0.717) is 25.5 Å². The van der Waals surface area contributed by atoms with Crippen molar-refractivity contribution in [3.05, 3.63) is 119 Å². The van der Waals surface area contributed by atoms with Crippen molar-refractivity contribution in [1.29, 1.82) is 0 Å². The fraction of sp³-hybridized carbons (Fsp3) is 0.200. The summed E-state index contributed by atoms with van der Waals surface area (Å²) in [5, 5.41) is 9.45. The first-order chi connectivity index (χ1) is 21.4. The highest BCUT2D eigenvalue weighted by atomic mass is 16.5. The lowest BCUT2D eigenvalue weighted by atomic mass is 10.0. The molecule has 0 amide bonds. The number of rotatable bonds is 4. The zero-order valence-corrected chi connectivity index (χ0v) is 24.5. The third kappa shape index (κ3) is 5.40. The molecule has 6 aromatic rings. The van der Waals surface area contributed by atoms with E-state index in [9.17, 15) is 9.90 Å². The fourth-order valence-corrected chi connectivity index (χ4v) is 5.66. The number of nitrogens with zero attached hydrogens (tertiary/aromatic N) is 5. The molecule has 3 aromatic heterocycles. The Morgan fingerprint density at radius 3 is 2.73 bits per heavy atom. The van der Waals surface area contributed by atoms with Gasteiger partial charge in [0.25, 0.3) is 0 Å². The quantitative estimate of drug-likeness (QED) is 0.258. The molecule has 0 aliphatic carbocycles. The number of aromatic carboxylic acids is 1. The number of benzene rings is 3. The van der Waals surface area contributed by atoms with E-state index in [4.69, 9.17) is 19.4 Å². The normalized spacial score (nSPS) is 13.0. The number of fused-ring (bicyclic) bond motifs is 7. The third-order valence-electron chi connectivity index (χ3n) is 8.08. The zero-order valence-electron chi connectivity index (χ0n) is 24.5. The highest BCUT2D eigenvalue weighted by Gasteiger charge is 2.16. The molecule has 7 rings (SSSR count). The van der Waals surface area contributed by atoms with Crippen molar-refractivity contribution < 1.29 is 19.4 Å². The molecule has 0 fully saturated rings. The Morgan fingerprint density at radius 1 is 0.977 bits per heavy atom. The molecule has 4 bridgehead atoms. The number of carboxylic acid groups (broad SMARTS) is 1. The summed E-state index contributed by atoms with van der Waals surface area (Å²) in [6.45, 7) is 2.94. The molecule has 44 heavy (non-hydrogen) atoms. The van der Waals surface area contributed by atoms with Gasteiger partial charge in [-0.2, -0.15) is 0 Å². The molecule has 0 spiro atoms. The van der Waals surface area contributed by atoms with E-state index in [1.807, 2.05) is 66.0 Å². The predicted molar refractivity (Wildman–Crippen MR) is 167 cm³/mol. The van der Waals surface area contributed by atoms with Crippen LogP contribution in [0.1, 0.15) is 45.0 Å². The number of hydrogen-bond donors (Lipinski definition) is 1. The van der Waals surface area contributed by atoms with Crippen LogP contribution in [0, 0.1) is 6.92 Å². The van der Waals surface area contributed by atoms with Gasteiger partial charge in [-0.3, -0.25) is 0 Å². The molecular formula is C35H31N5O4. The molecule has 3 aromatic carbocycles. The van der Waals surface area contributed by atoms with Crippen molar-refractivity contribution in [2.45, 2.75) is 32.8 Å². The van der Waals surface area contributed by atoms with Gasteiger partial charge in [0.2, 0.25) is 5.88 Å². The van der Waals surface area contributed by atoms with E-state index in [1.165, 1.54) is 5.56 Å². The molecule has 1 aliphatic rings. The van der Waals surface area contributed by atoms with Gasteiger partial charge in [-0.15, -0.1) is 0 Å². The second-order valence-electron chi connectivity index (χ2n) is 11.1. The lowest BCUT2D eigenvalue weighted by Gasteiger charge is -2.17. The van der Waals surface area contributed by atoms with Crippen molar-refractivity contribution in [2.75, 3.05) is 6.61 Å². The zero-order chi connectivity index (χ0) is 30.2. The summed E-state index contributed by atoms with van der Waals surface area (Å²) >= 11 is 0. The van der Waals surface area contributed by atoms with Crippen LogP contribution in [-0.4, -0.2) is 41.8 Å². The smallest absolute Gasteiger partial charge is 0.335 e. The fourth-order valence-electron chi connectivity index (χ4n) is 5.66. The van der Waals surface area contributed by atoms with Crippen LogP contribution in [-0.2, 0) is 26.5 Å². The van der Waals surface area contributed by atoms with E-state index in [-0.39, 0.29) is 5.56 Å². The molecule has 1 N–H and O–H groups in total. The minimum atomic E-state index is -0.959. The molecular weight excluding hydrogens is 554 g/mol. The number of carbonyl (C=O) groups is 1. The van der Waals surface area contributed by atoms with Gasteiger partial charge in [0.15, 0.2) is 0 Å². The maximum Gasteiger partial charge on any atom is 0.335 e. The molecule has 0 unspecified atom stereocenters. The van der Waals surface area contributed by atoms with Crippen molar-refractivity contribution in [2.24, 2.45) is 7.05 Å². The number of carboxylic acids is 1. The van der Waals surface area contributed by atoms with Crippen LogP contribution in [0.25, 0.3) is 28.0 Å². The van der Waals surface area contributed by atoms with E-state index in [2.05, 4.69) is 29.2 Å². The lowest BCUT2D eigenvalue weighted by molar-refractivity contribution is 0.0697. The van der Waals surface area contributed by atoms with E-state index < -0.39 is 5.97 Å². The number of ether oxygens (including phenoxy) is 2. The van der Waals surface area contributed by atoms with E-state index >= 15 is 0 Å². The van der Waals surface area contributed by atoms with Crippen molar-refractivity contribution in [3.63, 3.8) is 0 Å². The monoisotopic (exact) mass is 585 g/mol. The average Bonchev–Trinajstić information content (AvgIpc) is 3.61. The van der Waals surface area contributed by atoms with Gasteiger partial charge in [0.05, 0.1) is 40.9 Å². The Hall–Kier alpha value is -5.44. The number of hydrogen-bond acceptors (Lipinski definition) is 6. The first-order valence-corrected chi connectivity index (χ1v) is 14.6. The molecule has 4 heterocycles. The Bertz CT molecular complexity index is 2030. The second-order valence-corrected chi connectivity index (χ2v) is 11.1. The number of imidazole rings is 2. The van der Waals surface area contributed by atoms with Crippen LogP contribution < -0.4 is 9.47 Å². The number of aryl methyl sites for hydroxylation is 3. The van der Waals surface area contributed by atoms with Gasteiger partial charge in [-0.25, -0.2) is 19.7 Å². The SMILES string of the molecule is Cc1cn(-c2ccc3c(c2)CCCOc2cc(ccc2Cc2nc4ccc(C(=O)O)cc4n2C)-c2cccc(n2)OC3)cn1. The van der Waals surface area contributed by atoms with E-state index in [0.717, 1.165) is 69.2 Å². The molecule has 220 valence electrons. The van der Waals surface area contributed by atoms with Gasteiger partial charge < -0.3 is 23.7 Å². The summed E-state index contributed by atoms with van der Waals surface area (Å²) in [7, 11) is 1.91. The second kappa shape index (κ2) is 11.3. The van der Waals surface area contributed by atoms with Crippen LogP contribution in [0.4, 0.5) is 0 Å². The van der Waals surface area contributed by atoms with Crippen LogP contribution in [0.2, 0.25) is 0 Å². The lowest BCUT2D eigenvalue weighted by Crippen LogP contribution is -2.08. The van der Waals surface area contributed by atoms with Gasteiger partial charge in [-0.05, 0) is 73.4 Å². The van der Waals surface area contributed by atoms with Crippen molar-refractivity contribution in [3.8, 4) is 28.6 Å². The minimum Gasteiger partial charge on any atom is -0.493 e. The molecule has 0 saturated heterocycles. The molecule has 0 radical (unpaired) electrons. The average molecular weight is 586 g/mol. The molecule has 9 heteroatoms. The minimum absolute atomic E-state index is 0.237. The maximum absolute atomic E-state index is 11.5. The van der Waals surface area contributed by atoms with Gasteiger partial charge in [0.1, 0.15) is 18.2 Å².